The number of hydrogen-bond donors (Lipinski definition) is 1. The van der Waals surface area contributed by atoms with Gasteiger partial charge in [0.15, 0.2) is 0 Å². The van der Waals surface area contributed by atoms with Gasteiger partial charge >= 0.3 is 0 Å². The molecule has 3 nitrogen and oxygen atoms in total. The first-order valence-electron chi connectivity index (χ1n) is 7.97. The van der Waals surface area contributed by atoms with E-state index in [9.17, 15) is 9.18 Å². The Bertz CT molecular complexity index is 526. The number of piperidine rings is 1. The Morgan fingerprint density at radius 3 is 2.86 bits per heavy atom. The summed E-state index contributed by atoms with van der Waals surface area (Å²) in [7, 11) is 0. The minimum atomic E-state index is -0.298. The zero-order valence-electron chi connectivity index (χ0n) is 12.6. The molecule has 3 rings (SSSR count). The van der Waals surface area contributed by atoms with Crippen molar-refractivity contribution in [2.75, 3.05) is 13.1 Å². The van der Waals surface area contributed by atoms with Crippen LogP contribution in [0.15, 0.2) is 18.2 Å². The molecular weight excluding hydrogens is 267 g/mol. The zero-order chi connectivity index (χ0) is 14.8. The molecule has 2 atom stereocenters. The number of rotatable bonds is 2. The average molecular weight is 290 g/mol. The van der Waals surface area contributed by atoms with Gasteiger partial charge in [-0.25, -0.2) is 4.39 Å². The van der Waals surface area contributed by atoms with Crippen molar-refractivity contribution in [1.29, 1.82) is 0 Å². The number of hydrogen-bond acceptors (Lipinski definition) is 2. The Balaban J connectivity index is 1.81. The molecule has 1 N–H and O–H groups in total. The van der Waals surface area contributed by atoms with Gasteiger partial charge in [0.1, 0.15) is 5.82 Å². The molecule has 21 heavy (non-hydrogen) atoms. The molecule has 0 aliphatic carbocycles. The van der Waals surface area contributed by atoms with E-state index in [0.29, 0.717) is 17.2 Å². The first-order chi connectivity index (χ1) is 10.2. The van der Waals surface area contributed by atoms with Crippen molar-refractivity contribution in [2.45, 2.75) is 51.1 Å². The van der Waals surface area contributed by atoms with Crippen LogP contribution in [0.25, 0.3) is 0 Å². The van der Waals surface area contributed by atoms with Crippen LogP contribution in [0.1, 0.15) is 48.0 Å². The normalized spacial score (nSPS) is 26.1. The molecule has 4 heteroatoms. The van der Waals surface area contributed by atoms with Crippen molar-refractivity contribution < 1.29 is 9.18 Å². The minimum absolute atomic E-state index is 0.0210. The van der Waals surface area contributed by atoms with Crippen LogP contribution in [0, 0.1) is 12.7 Å². The van der Waals surface area contributed by atoms with E-state index < -0.39 is 0 Å². The third-order valence-electron chi connectivity index (χ3n) is 4.79. The number of aryl methyl sites for hydroxylation is 1. The fourth-order valence-electron chi connectivity index (χ4n) is 3.56. The maximum Gasteiger partial charge on any atom is 0.254 e. The lowest BCUT2D eigenvalue weighted by Gasteiger charge is -2.39. The molecule has 2 heterocycles. The van der Waals surface area contributed by atoms with Crippen LogP contribution < -0.4 is 5.32 Å². The summed E-state index contributed by atoms with van der Waals surface area (Å²) in [6.45, 7) is 3.55. The third kappa shape index (κ3) is 2.95. The molecule has 1 amide bonds. The molecule has 1 aromatic rings. The highest BCUT2D eigenvalue weighted by Crippen LogP contribution is 2.26. The molecule has 2 aliphatic heterocycles. The summed E-state index contributed by atoms with van der Waals surface area (Å²) >= 11 is 0. The highest BCUT2D eigenvalue weighted by molar-refractivity contribution is 5.94. The lowest BCUT2D eigenvalue weighted by atomic mass is 9.93. The zero-order valence-corrected chi connectivity index (χ0v) is 12.6. The van der Waals surface area contributed by atoms with Crippen LogP contribution in [0.3, 0.4) is 0 Å². The summed E-state index contributed by atoms with van der Waals surface area (Å²) in [5.74, 6) is -0.319. The maximum atomic E-state index is 13.7. The third-order valence-corrected chi connectivity index (χ3v) is 4.79. The average Bonchev–Trinajstić information content (AvgIpc) is 3.03. The van der Waals surface area contributed by atoms with Crippen LogP contribution in [-0.4, -0.2) is 36.0 Å². The second-order valence-corrected chi connectivity index (χ2v) is 6.23. The van der Waals surface area contributed by atoms with Gasteiger partial charge in [-0.3, -0.25) is 4.79 Å². The number of halogens is 1. The Morgan fingerprint density at radius 1 is 1.29 bits per heavy atom. The summed E-state index contributed by atoms with van der Waals surface area (Å²) in [6.07, 6.45) is 5.59. The van der Waals surface area contributed by atoms with Gasteiger partial charge in [-0.2, -0.15) is 0 Å². The van der Waals surface area contributed by atoms with Crippen molar-refractivity contribution in [3.8, 4) is 0 Å². The standard InChI is InChI=1S/C17H23FN2O/c1-12-7-8-13(11-14(12)18)17(21)20-10-3-2-6-16(20)15-5-4-9-19-15/h7-8,11,15-16,19H,2-6,9-10H2,1H3. The number of likely N-dealkylation sites (tertiary alicyclic amines) is 1. The fraction of sp³-hybridized carbons (Fsp3) is 0.588. The van der Waals surface area contributed by atoms with Gasteiger partial charge in [-0.05, 0) is 63.3 Å². The Hall–Kier alpha value is -1.42. The van der Waals surface area contributed by atoms with Gasteiger partial charge in [-0.15, -0.1) is 0 Å². The summed E-state index contributed by atoms with van der Waals surface area (Å²) in [5, 5.41) is 3.52. The lowest BCUT2D eigenvalue weighted by molar-refractivity contribution is 0.0563. The van der Waals surface area contributed by atoms with E-state index in [1.807, 2.05) is 4.90 Å². The van der Waals surface area contributed by atoms with Crippen LogP contribution in [0.5, 0.6) is 0 Å². The van der Waals surface area contributed by atoms with E-state index in [0.717, 1.165) is 32.4 Å². The molecule has 2 saturated heterocycles. The van der Waals surface area contributed by atoms with E-state index in [1.54, 1.807) is 19.1 Å². The smallest absolute Gasteiger partial charge is 0.254 e. The molecule has 0 radical (unpaired) electrons. The van der Waals surface area contributed by atoms with E-state index in [2.05, 4.69) is 5.32 Å². The molecule has 1 aromatic carbocycles. The van der Waals surface area contributed by atoms with Crippen molar-refractivity contribution in [3.05, 3.63) is 35.1 Å². The van der Waals surface area contributed by atoms with Gasteiger partial charge in [0.05, 0.1) is 0 Å². The second-order valence-electron chi connectivity index (χ2n) is 6.23. The summed E-state index contributed by atoms with van der Waals surface area (Å²) in [5.41, 5.74) is 1.06. The molecule has 2 fully saturated rings. The van der Waals surface area contributed by atoms with Crippen LogP contribution in [-0.2, 0) is 0 Å². The van der Waals surface area contributed by atoms with E-state index in [4.69, 9.17) is 0 Å². The molecule has 0 bridgehead atoms. The van der Waals surface area contributed by atoms with Gasteiger partial charge < -0.3 is 10.2 Å². The number of benzene rings is 1. The van der Waals surface area contributed by atoms with E-state index >= 15 is 0 Å². The lowest BCUT2D eigenvalue weighted by Crippen LogP contribution is -2.52. The van der Waals surface area contributed by atoms with Gasteiger partial charge in [-0.1, -0.05) is 6.07 Å². The SMILES string of the molecule is Cc1ccc(C(=O)N2CCCCC2C2CCCN2)cc1F. The number of carbonyl (C=O) groups excluding carboxylic acids is 1. The predicted octanol–water partition coefficient (Wildman–Crippen LogP) is 2.88. The monoisotopic (exact) mass is 290 g/mol. The Labute approximate surface area is 125 Å². The van der Waals surface area contributed by atoms with Crippen molar-refractivity contribution in [1.82, 2.24) is 10.2 Å². The fourth-order valence-corrected chi connectivity index (χ4v) is 3.56. The number of amides is 1. The van der Waals surface area contributed by atoms with E-state index in [-0.39, 0.29) is 17.8 Å². The quantitative estimate of drug-likeness (QED) is 0.908. The Kier molecular flexibility index (Phi) is 4.24. The Morgan fingerprint density at radius 2 is 2.14 bits per heavy atom. The van der Waals surface area contributed by atoms with E-state index in [1.165, 1.54) is 18.9 Å². The molecular formula is C17H23FN2O. The topological polar surface area (TPSA) is 32.3 Å². The first kappa shape index (κ1) is 14.5. The first-order valence-corrected chi connectivity index (χ1v) is 7.97. The highest BCUT2D eigenvalue weighted by atomic mass is 19.1. The number of nitrogens with one attached hydrogen (secondary N) is 1. The molecule has 2 aliphatic rings. The molecule has 114 valence electrons. The van der Waals surface area contributed by atoms with Crippen molar-refractivity contribution in [3.63, 3.8) is 0 Å². The highest BCUT2D eigenvalue weighted by Gasteiger charge is 2.34. The molecule has 2 unspecified atom stereocenters. The second kappa shape index (κ2) is 6.14. The van der Waals surface area contributed by atoms with Gasteiger partial charge in [0, 0.05) is 24.2 Å². The van der Waals surface area contributed by atoms with Crippen LogP contribution in [0.4, 0.5) is 4.39 Å². The largest absolute Gasteiger partial charge is 0.334 e. The molecule has 0 saturated carbocycles. The number of carbonyl (C=O) groups is 1. The minimum Gasteiger partial charge on any atom is -0.334 e. The van der Waals surface area contributed by atoms with Crippen LogP contribution >= 0.6 is 0 Å². The van der Waals surface area contributed by atoms with Crippen LogP contribution in [0.2, 0.25) is 0 Å². The number of nitrogens with zero attached hydrogens (tertiary/aromatic N) is 1. The molecule has 0 aromatic heterocycles. The molecule has 0 spiro atoms. The van der Waals surface area contributed by atoms with Crippen molar-refractivity contribution >= 4 is 5.91 Å². The summed E-state index contributed by atoms with van der Waals surface area (Å²) in [4.78, 5) is 14.7. The summed E-state index contributed by atoms with van der Waals surface area (Å²) in [6, 6.07) is 5.48. The van der Waals surface area contributed by atoms with Gasteiger partial charge in [0.2, 0.25) is 0 Å². The van der Waals surface area contributed by atoms with Gasteiger partial charge in [0.25, 0.3) is 5.91 Å². The maximum absolute atomic E-state index is 13.7. The van der Waals surface area contributed by atoms with Crippen molar-refractivity contribution in [2.24, 2.45) is 0 Å². The summed E-state index contributed by atoms with van der Waals surface area (Å²) < 4.78 is 13.7. The predicted molar refractivity (Wildman–Crippen MR) is 80.8 cm³/mol.